The lowest BCUT2D eigenvalue weighted by Crippen LogP contribution is -2.16. The standard InChI is InChI=1S/C13H14ClN3/c14-12-10-7-3-4-8-11(10)16-13(17-12)15-9-5-1-2-6-9/h3-4,7-9H,1-2,5-6H2,(H,15,16,17). The van der Waals surface area contributed by atoms with Crippen molar-refractivity contribution in [3.05, 3.63) is 29.4 Å². The fraction of sp³-hybridized carbons (Fsp3) is 0.385. The molecule has 0 bridgehead atoms. The molecule has 1 aliphatic rings. The summed E-state index contributed by atoms with van der Waals surface area (Å²) < 4.78 is 0. The number of nitrogens with zero attached hydrogens (tertiary/aromatic N) is 2. The van der Waals surface area contributed by atoms with Crippen LogP contribution in [0.5, 0.6) is 0 Å². The minimum Gasteiger partial charge on any atom is -0.351 e. The lowest BCUT2D eigenvalue weighted by molar-refractivity contribution is 0.745. The van der Waals surface area contributed by atoms with Gasteiger partial charge in [-0.15, -0.1) is 0 Å². The normalized spacial score (nSPS) is 16.5. The van der Waals surface area contributed by atoms with Gasteiger partial charge in [-0.1, -0.05) is 36.6 Å². The zero-order valence-corrected chi connectivity index (χ0v) is 10.2. The number of fused-ring (bicyclic) bond motifs is 1. The number of hydrogen-bond acceptors (Lipinski definition) is 3. The number of para-hydroxylation sites is 1. The van der Waals surface area contributed by atoms with E-state index in [0.717, 1.165) is 10.9 Å². The molecule has 88 valence electrons. The van der Waals surface area contributed by atoms with Crippen LogP contribution < -0.4 is 5.32 Å². The van der Waals surface area contributed by atoms with Gasteiger partial charge >= 0.3 is 0 Å². The highest BCUT2D eigenvalue weighted by Gasteiger charge is 2.16. The summed E-state index contributed by atoms with van der Waals surface area (Å²) in [5.41, 5.74) is 0.896. The Bertz CT molecular complexity index is 535. The first-order valence-corrected chi connectivity index (χ1v) is 6.39. The van der Waals surface area contributed by atoms with Crippen molar-refractivity contribution in [3.63, 3.8) is 0 Å². The second kappa shape index (κ2) is 4.49. The zero-order chi connectivity index (χ0) is 11.7. The molecule has 3 rings (SSSR count). The van der Waals surface area contributed by atoms with E-state index in [9.17, 15) is 0 Å². The second-order valence-electron chi connectivity index (χ2n) is 4.48. The highest BCUT2D eigenvalue weighted by Crippen LogP contribution is 2.24. The van der Waals surface area contributed by atoms with E-state index in [1.165, 1.54) is 25.7 Å². The maximum Gasteiger partial charge on any atom is 0.224 e. The molecule has 0 radical (unpaired) electrons. The van der Waals surface area contributed by atoms with E-state index in [1.807, 2.05) is 24.3 Å². The van der Waals surface area contributed by atoms with Crippen LogP contribution in [0.25, 0.3) is 10.9 Å². The van der Waals surface area contributed by atoms with Crippen LogP contribution in [0, 0.1) is 0 Å². The summed E-state index contributed by atoms with van der Waals surface area (Å²) in [6, 6.07) is 8.32. The lowest BCUT2D eigenvalue weighted by Gasteiger charge is -2.12. The van der Waals surface area contributed by atoms with Gasteiger partial charge in [0.1, 0.15) is 5.15 Å². The Morgan fingerprint density at radius 3 is 2.71 bits per heavy atom. The van der Waals surface area contributed by atoms with Gasteiger partial charge in [0.15, 0.2) is 0 Å². The zero-order valence-electron chi connectivity index (χ0n) is 9.49. The fourth-order valence-electron chi connectivity index (χ4n) is 2.36. The summed E-state index contributed by atoms with van der Waals surface area (Å²) >= 11 is 6.16. The molecule has 17 heavy (non-hydrogen) atoms. The van der Waals surface area contributed by atoms with E-state index in [4.69, 9.17) is 11.6 Å². The van der Waals surface area contributed by atoms with Gasteiger partial charge in [-0.3, -0.25) is 0 Å². The Labute approximate surface area is 105 Å². The van der Waals surface area contributed by atoms with Crippen LogP contribution in [0.4, 0.5) is 5.95 Å². The Hall–Kier alpha value is -1.35. The summed E-state index contributed by atoms with van der Waals surface area (Å²) in [6.45, 7) is 0. The SMILES string of the molecule is Clc1nc(NC2CCCC2)nc2ccccc12. The third kappa shape index (κ3) is 2.20. The van der Waals surface area contributed by atoms with E-state index >= 15 is 0 Å². The molecule has 0 spiro atoms. The van der Waals surface area contributed by atoms with Crippen molar-refractivity contribution in [2.75, 3.05) is 5.32 Å². The van der Waals surface area contributed by atoms with E-state index in [0.29, 0.717) is 17.1 Å². The summed E-state index contributed by atoms with van der Waals surface area (Å²) in [7, 11) is 0. The third-order valence-electron chi connectivity index (χ3n) is 3.25. The summed E-state index contributed by atoms with van der Waals surface area (Å²) in [5.74, 6) is 0.653. The minimum atomic E-state index is 0.507. The van der Waals surface area contributed by atoms with Crippen molar-refractivity contribution in [1.82, 2.24) is 9.97 Å². The van der Waals surface area contributed by atoms with E-state index < -0.39 is 0 Å². The number of nitrogens with one attached hydrogen (secondary N) is 1. The quantitative estimate of drug-likeness (QED) is 0.824. The molecule has 0 atom stereocenters. The molecular weight excluding hydrogens is 234 g/mol. The first-order chi connectivity index (χ1) is 8.33. The predicted octanol–water partition coefficient (Wildman–Crippen LogP) is 3.64. The van der Waals surface area contributed by atoms with Gasteiger partial charge in [0.05, 0.1) is 5.52 Å². The van der Waals surface area contributed by atoms with Gasteiger partial charge < -0.3 is 5.32 Å². The molecular formula is C13H14ClN3. The van der Waals surface area contributed by atoms with Crippen LogP contribution >= 0.6 is 11.6 Å². The lowest BCUT2D eigenvalue weighted by atomic mass is 10.2. The topological polar surface area (TPSA) is 37.8 Å². The molecule has 1 saturated carbocycles. The smallest absolute Gasteiger partial charge is 0.224 e. The molecule has 1 aromatic carbocycles. The van der Waals surface area contributed by atoms with Crippen LogP contribution in [-0.4, -0.2) is 16.0 Å². The van der Waals surface area contributed by atoms with Gasteiger partial charge in [0.2, 0.25) is 5.95 Å². The second-order valence-corrected chi connectivity index (χ2v) is 4.84. The van der Waals surface area contributed by atoms with Gasteiger partial charge in [-0.05, 0) is 25.0 Å². The number of rotatable bonds is 2. The van der Waals surface area contributed by atoms with E-state index in [1.54, 1.807) is 0 Å². The van der Waals surface area contributed by atoms with E-state index in [-0.39, 0.29) is 0 Å². The molecule has 1 aromatic heterocycles. The summed E-state index contributed by atoms with van der Waals surface area (Å²) in [4.78, 5) is 8.80. The van der Waals surface area contributed by atoms with Crippen LogP contribution in [-0.2, 0) is 0 Å². The van der Waals surface area contributed by atoms with Gasteiger partial charge in [0.25, 0.3) is 0 Å². The third-order valence-corrected chi connectivity index (χ3v) is 3.53. The molecule has 0 aliphatic heterocycles. The maximum atomic E-state index is 6.16. The van der Waals surface area contributed by atoms with E-state index in [2.05, 4.69) is 15.3 Å². The number of halogens is 1. The highest BCUT2D eigenvalue weighted by molar-refractivity contribution is 6.34. The molecule has 0 amide bonds. The Balaban J connectivity index is 1.94. The van der Waals surface area contributed by atoms with Gasteiger partial charge in [0, 0.05) is 11.4 Å². The van der Waals surface area contributed by atoms with Crippen LogP contribution in [0.2, 0.25) is 5.15 Å². The predicted molar refractivity (Wildman–Crippen MR) is 70.4 cm³/mol. The molecule has 1 N–H and O–H groups in total. The number of hydrogen-bond donors (Lipinski definition) is 1. The highest BCUT2D eigenvalue weighted by atomic mass is 35.5. The molecule has 1 aliphatic carbocycles. The van der Waals surface area contributed by atoms with Crippen molar-refractivity contribution in [2.24, 2.45) is 0 Å². The minimum absolute atomic E-state index is 0.507. The molecule has 1 fully saturated rings. The Morgan fingerprint density at radius 1 is 1.12 bits per heavy atom. The fourth-order valence-corrected chi connectivity index (χ4v) is 2.60. The van der Waals surface area contributed by atoms with Gasteiger partial charge in [-0.25, -0.2) is 9.97 Å². The molecule has 2 aromatic rings. The molecule has 0 unspecified atom stereocenters. The average Bonchev–Trinajstić information content (AvgIpc) is 2.82. The van der Waals surface area contributed by atoms with Crippen LogP contribution in [0.15, 0.2) is 24.3 Å². The largest absolute Gasteiger partial charge is 0.351 e. The van der Waals surface area contributed by atoms with Crippen LogP contribution in [0.1, 0.15) is 25.7 Å². The summed E-state index contributed by atoms with van der Waals surface area (Å²) in [5, 5.41) is 4.80. The van der Waals surface area contributed by atoms with Crippen molar-refractivity contribution in [3.8, 4) is 0 Å². The monoisotopic (exact) mass is 247 g/mol. The first-order valence-electron chi connectivity index (χ1n) is 6.02. The molecule has 4 heteroatoms. The molecule has 3 nitrogen and oxygen atoms in total. The summed E-state index contributed by atoms with van der Waals surface area (Å²) in [6.07, 6.45) is 4.99. The Kier molecular flexibility index (Phi) is 2.85. The van der Waals surface area contributed by atoms with Crippen molar-refractivity contribution in [2.45, 2.75) is 31.7 Å². The van der Waals surface area contributed by atoms with Crippen LogP contribution in [0.3, 0.4) is 0 Å². The number of anilines is 1. The first kappa shape index (κ1) is 10.8. The maximum absolute atomic E-state index is 6.16. The number of benzene rings is 1. The Morgan fingerprint density at radius 2 is 1.88 bits per heavy atom. The number of aromatic nitrogens is 2. The molecule has 1 heterocycles. The average molecular weight is 248 g/mol. The van der Waals surface area contributed by atoms with Crippen molar-refractivity contribution in [1.29, 1.82) is 0 Å². The van der Waals surface area contributed by atoms with Crippen molar-refractivity contribution >= 4 is 28.5 Å². The van der Waals surface area contributed by atoms with Gasteiger partial charge in [-0.2, -0.15) is 0 Å². The molecule has 0 saturated heterocycles. The van der Waals surface area contributed by atoms with Crippen molar-refractivity contribution < 1.29 is 0 Å².